The highest BCUT2D eigenvalue weighted by Gasteiger charge is 2.30. The van der Waals surface area contributed by atoms with Gasteiger partial charge < -0.3 is 5.32 Å². The molecule has 3 heterocycles. The summed E-state index contributed by atoms with van der Waals surface area (Å²) < 4.78 is 23.1. The van der Waals surface area contributed by atoms with E-state index in [1.807, 2.05) is 6.92 Å². The number of fused-ring (bicyclic) bond motifs is 3. The van der Waals surface area contributed by atoms with E-state index < -0.39 is 9.84 Å². The van der Waals surface area contributed by atoms with Crippen LogP contribution in [0.2, 0.25) is 0 Å². The first-order valence-electron chi connectivity index (χ1n) is 8.85. The summed E-state index contributed by atoms with van der Waals surface area (Å²) in [6.07, 6.45) is 6.63. The smallest absolute Gasteiger partial charge is 0.233 e. The highest BCUT2D eigenvalue weighted by molar-refractivity contribution is 8.00. The molecule has 0 radical (unpaired) electrons. The fraction of sp³-hybridized carbons (Fsp3) is 0.588. The van der Waals surface area contributed by atoms with Gasteiger partial charge in [-0.1, -0.05) is 11.8 Å². The van der Waals surface area contributed by atoms with Gasteiger partial charge in [-0.05, 0) is 44.6 Å². The van der Waals surface area contributed by atoms with Crippen molar-refractivity contribution >= 4 is 49.1 Å². The topological polar surface area (TPSA) is 89.0 Å². The highest BCUT2D eigenvalue weighted by atomic mass is 32.2. The van der Waals surface area contributed by atoms with Gasteiger partial charge in [-0.25, -0.2) is 18.4 Å². The molecule has 140 valence electrons. The number of thioether (sulfide) groups is 1. The number of amides is 1. The fourth-order valence-corrected chi connectivity index (χ4v) is 7.52. The van der Waals surface area contributed by atoms with E-state index in [1.165, 1.54) is 35.0 Å². The molecule has 2 aromatic rings. The maximum absolute atomic E-state index is 12.5. The number of rotatable bonds is 4. The maximum atomic E-state index is 12.5. The molecule has 1 saturated heterocycles. The van der Waals surface area contributed by atoms with Crippen LogP contribution in [0.3, 0.4) is 0 Å². The summed E-state index contributed by atoms with van der Waals surface area (Å²) in [7, 11) is -3.00. The van der Waals surface area contributed by atoms with Gasteiger partial charge in [0, 0.05) is 16.3 Å². The summed E-state index contributed by atoms with van der Waals surface area (Å²) in [5.74, 6) is 0.0758. The Bertz CT molecular complexity index is 955. The van der Waals surface area contributed by atoms with Gasteiger partial charge in [-0.3, -0.25) is 4.79 Å². The molecule has 2 aliphatic rings. The van der Waals surface area contributed by atoms with Crippen molar-refractivity contribution in [3.05, 3.63) is 16.8 Å². The van der Waals surface area contributed by atoms with Crippen molar-refractivity contribution in [2.75, 3.05) is 11.5 Å². The number of nitrogens with one attached hydrogen (secondary N) is 1. The third-order valence-electron chi connectivity index (χ3n) is 4.95. The molecule has 0 unspecified atom stereocenters. The second-order valence-electron chi connectivity index (χ2n) is 6.94. The van der Waals surface area contributed by atoms with Crippen molar-refractivity contribution in [3.8, 4) is 0 Å². The Kier molecular flexibility index (Phi) is 4.96. The normalized spacial score (nSPS) is 22.9. The molecule has 1 aliphatic carbocycles. The van der Waals surface area contributed by atoms with Gasteiger partial charge in [0.25, 0.3) is 0 Å². The van der Waals surface area contributed by atoms with Crippen LogP contribution in [0.1, 0.15) is 36.6 Å². The van der Waals surface area contributed by atoms with Gasteiger partial charge in [0.2, 0.25) is 5.91 Å². The lowest BCUT2D eigenvalue weighted by atomic mass is 9.97. The third-order valence-corrected chi connectivity index (χ3v) is 9.02. The number of hydrogen-bond donors (Lipinski definition) is 1. The Morgan fingerprint density at radius 1 is 1.35 bits per heavy atom. The first kappa shape index (κ1) is 18.2. The van der Waals surface area contributed by atoms with E-state index in [0.29, 0.717) is 6.42 Å². The van der Waals surface area contributed by atoms with Crippen LogP contribution in [0, 0.1) is 0 Å². The van der Waals surface area contributed by atoms with E-state index >= 15 is 0 Å². The number of carbonyl (C=O) groups excluding carboxylic acids is 1. The molecule has 0 bridgehead atoms. The predicted octanol–water partition coefficient (Wildman–Crippen LogP) is 2.35. The van der Waals surface area contributed by atoms with Crippen LogP contribution in [0.4, 0.5) is 0 Å². The van der Waals surface area contributed by atoms with Gasteiger partial charge in [0.15, 0.2) is 9.84 Å². The summed E-state index contributed by atoms with van der Waals surface area (Å²) in [6, 6.07) is -0.269. The molecule has 1 amide bonds. The van der Waals surface area contributed by atoms with Crippen LogP contribution in [-0.4, -0.2) is 47.1 Å². The molecule has 1 N–H and O–H groups in total. The molecule has 4 rings (SSSR count). The van der Waals surface area contributed by atoms with Crippen molar-refractivity contribution in [1.82, 2.24) is 15.3 Å². The van der Waals surface area contributed by atoms with Gasteiger partial charge in [-0.15, -0.1) is 11.3 Å². The molecule has 6 nitrogen and oxygen atoms in total. The molecule has 0 saturated carbocycles. The molecule has 1 fully saturated rings. The molecule has 0 aromatic carbocycles. The Balaban J connectivity index is 1.51. The maximum Gasteiger partial charge on any atom is 0.233 e. The molecular weight excluding hydrogens is 390 g/mol. The number of aryl methyl sites for hydroxylation is 2. The quantitative estimate of drug-likeness (QED) is 0.614. The van der Waals surface area contributed by atoms with Crippen LogP contribution in [-0.2, 0) is 27.5 Å². The van der Waals surface area contributed by atoms with Crippen molar-refractivity contribution in [2.45, 2.75) is 55.3 Å². The average molecular weight is 412 g/mol. The van der Waals surface area contributed by atoms with E-state index in [1.54, 1.807) is 17.7 Å². The van der Waals surface area contributed by atoms with Crippen LogP contribution in [0.25, 0.3) is 10.2 Å². The third kappa shape index (κ3) is 3.61. The number of carbonyl (C=O) groups is 1. The van der Waals surface area contributed by atoms with Crippen molar-refractivity contribution in [2.24, 2.45) is 0 Å². The monoisotopic (exact) mass is 411 g/mol. The largest absolute Gasteiger partial charge is 0.351 e. The van der Waals surface area contributed by atoms with Crippen LogP contribution in [0.15, 0.2) is 11.4 Å². The second kappa shape index (κ2) is 7.09. The number of nitrogens with zero attached hydrogens (tertiary/aromatic N) is 2. The lowest BCUT2D eigenvalue weighted by Gasteiger charge is -2.16. The minimum Gasteiger partial charge on any atom is -0.351 e. The standard InChI is InChI=1S/C17H21N3O3S3/c1-10(15(21)20-11-6-7-26(22,23)8-11)24-16-14-12-4-2-3-5-13(12)25-17(14)19-9-18-16/h9-11H,2-8H2,1H3,(H,20,21)/t10-,11-/m0/s1. The molecule has 2 aromatic heterocycles. The minimum atomic E-state index is -3.00. The van der Waals surface area contributed by atoms with Gasteiger partial charge in [0.1, 0.15) is 16.2 Å². The summed E-state index contributed by atoms with van der Waals surface area (Å²) in [6.45, 7) is 1.84. The van der Waals surface area contributed by atoms with E-state index in [9.17, 15) is 13.2 Å². The summed E-state index contributed by atoms with van der Waals surface area (Å²) in [5, 5.41) is 4.51. The number of hydrogen-bond acceptors (Lipinski definition) is 7. The SMILES string of the molecule is C[C@H](Sc1ncnc2sc3c(c12)CCCC3)C(=O)N[C@H]1CCS(=O)(=O)C1. The Morgan fingerprint density at radius 3 is 2.92 bits per heavy atom. The lowest BCUT2D eigenvalue weighted by Crippen LogP contribution is -2.39. The fourth-order valence-electron chi connectivity index (χ4n) is 3.60. The van der Waals surface area contributed by atoms with Crippen molar-refractivity contribution in [3.63, 3.8) is 0 Å². The Morgan fingerprint density at radius 2 is 2.15 bits per heavy atom. The molecule has 2 atom stereocenters. The van der Waals surface area contributed by atoms with Crippen molar-refractivity contribution < 1.29 is 13.2 Å². The summed E-state index contributed by atoms with van der Waals surface area (Å²) >= 11 is 3.18. The Hall–Kier alpha value is -1.19. The van der Waals surface area contributed by atoms with Gasteiger partial charge in [0.05, 0.1) is 16.8 Å². The average Bonchev–Trinajstić information content (AvgIpc) is 3.14. The zero-order chi connectivity index (χ0) is 18.3. The molecular formula is C17H21N3O3S3. The molecule has 9 heteroatoms. The lowest BCUT2D eigenvalue weighted by molar-refractivity contribution is -0.120. The number of thiophene rings is 1. The summed E-state index contributed by atoms with van der Waals surface area (Å²) in [4.78, 5) is 23.8. The van der Waals surface area contributed by atoms with E-state index in [2.05, 4.69) is 15.3 Å². The van der Waals surface area contributed by atoms with Crippen LogP contribution >= 0.6 is 23.1 Å². The highest BCUT2D eigenvalue weighted by Crippen LogP contribution is 2.40. The zero-order valence-corrected chi connectivity index (χ0v) is 17.0. The second-order valence-corrected chi connectivity index (χ2v) is 11.6. The minimum absolute atomic E-state index is 0.0475. The van der Waals surface area contributed by atoms with Crippen molar-refractivity contribution in [1.29, 1.82) is 0 Å². The Labute approximate surface area is 161 Å². The van der Waals surface area contributed by atoms with Gasteiger partial charge in [-0.2, -0.15) is 0 Å². The predicted molar refractivity (Wildman–Crippen MR) is 105 cm³/mol. The first-order chi connectivity index (χ1) is 12.4. The molecule has 0 spiro atoms. The van der Waals surface area contributed by atoms with Gasteiger partial charge >= 0.3 is 0 Å². The zero-order valence-electron chi connectivity index (χ0n) is 14.5. The van der Waals surface area contributed by atoms with Crippen LogP contribution in [0.5, 0.6) is 0 Å². The number of aromatic nitrogens is 2. The number of sulfone groups is 1. The van der Waals surface area contributed by atoms with E-state index in [4.69, 9.17) is 0 Å². The van der Waals surface area contributed by atoms with E-state index in [0.717, 1.165) is 28.1 Å². The summed E-state index contributed by atoms with van der Waals surface area (Å²) in [5.41, 5.74) is 1.36. The molecule has 1 aliphatic heterocycles. The molecule has 26 heavy (non-hydrogen) atoms. The van der Waals surface area contributed by atoms with Crippen LogP contribution < -0.4 is 5.32 Å². The van der Waals surface area contributed by atoms with E-state index in [-0.39, 0.29) is 28.7 Å². The first-order valence-corrected chi connectivity index (χ1v) is 12.4.